The van der Waals surface area contributed by atoms with Crippen LogP contribution in [0.25, 0.3) is 10.9 Å². The summed E-state index contributed by atoms with van der Waals surface area (Å²) < 4.78 is 0. The maximum absolute atomic E-state index is 11.6. The van der Waals surface area contributed by atoms with E-state index in [2.05, 4.69) is 16.4 Å². The van der Waals surface area contributed by atoms with E-state index in [1.165, 1.54) is 0 Å². The first-order chi connectivity index (χ1) is 10.1. The predicted molar refractivity (Wildman–Crippen MR) is 83.0 cm³/mol. The molecule has 1 atom stereocenters. The number of fused-ring (bicyclic) bond motifs is 1. The van der Waals surface area contributed by atoms with Gasteiger partial charge in [-0.2, -0.15) is 5.26 Å². The molecule has 2 rings (SSSR count). The molecule has 1 N–H and O–H groups in total. The summed E-state index contributed by atoms with van der Waals surface area (Å²) in [6.07, 6.45) is 0. The summed E-state index contributed by atoms with van der Waals surface area (Å²) in [6, 6.07) is 11.7. The van der Waals surface area contributed by atoms with Crippen molar-refractivity contribution in [2.24, 2.45) is 5.92 Å². The standard InChI is InChI=1S/C16H18N4O/c1-11(16(21)18-2)10-20(3)15-13(9-17)8-12-6-4-5-7-14(12)19-15/h4-8,11H,10H2,1-3H3,(H,18,21). The Balaban J connectivity index is 2.36. The summed E-state index contributed by atoms with van der Waals surface area (Å²) in [5.41, 5.74) is 1.35. The van der Waals surface area contributed by atoms with Crippen molar-refractivity contribution < 1.29 is 4.79 Å². The van der Waals surface area contributed by atoms with Crippen molar-refractivity contribution in [1.82, 2.24) is 10.3 Å². The van der Waals surface area contributed by atoms with Crippen LogP contribution >= 0.6 is 0 Å². The maximum atomic E-state index is 11.6. The van der Waals surface area contributed by atoms with Crippen LogP contribution in [0, 0.1) is 17.2 Å². The minimum Gasteiger partial charge on any atom is -0.359 e. The zero-order chi connectivity index (χ0) is 15.4. The fourth-order valence-corrected chi connectivity index (χ4v) is 2.31. The molecule has 0 aliphatic heterocycles. The van der Waals surface area contributed by atoms with E-state index in [9.17, 15) is 10.1 Å². The Labute approximate surface area is 124 Å². The van der Waals surface area contributed by atoms with Crippen LogP contribution in [0.3, 0.4) is 0 Å². The van der Waals surface area contributed by atoms with Crippen molar-refractivity contribution in [2.45, 2.75) is 6.92 Å². The Kier molecular flexibility index (Phi) is 4.39. The van der Waals surface area contributed by atoms with E-state index < -0.39 is 0 Å². The minimum absolute atomic E-state index is 0.0267. The molecule has 0 saturated heterocycles. The van der Waals surface area contributed by atoms with Crippen LogP contribution in [0.5, 0.6) is 0 Å². The third kappa shape index (κ3) is 3.11. The number of para-hydroxylation sites is 1. The largest absolute Gasteiger partial charge is 0.359 e. The number of anilines is 1. The van der Waals surface area contributed by atoms with E-state index in [1.54, 1.807) is 7.05 Å². The summed E-state index contributed by atoms with van der Waals surface area (Å²) in [4.78, 5) is 18.0. The van der Waals surface area contributed by atoms with E-state index in [0.717, 1.165) is 10.9 Å². The summed E-state index contributed by atoms with van der Waals surface area (Å²) in [5.74, 6) is 0.396. The van der Waals surface area contributed by atoms with Crippen LogP contribution in [-0.2, 0) is 4.79 Å². The lowest BCUT2D eigenvalue weighted by Crippen LogP contribution is -2.35. The van der Waals surface area contributed by atoms with Gasteiger partial charge in [0.2, 0.25) is 5.91 Å². The van der Waals surface area contributed by atoms with Gasteiger partial charge in [0.1, 0.15) is 11.9 Å². The normalized spacial score (nSPS) is 11.7. The second-order valence-electron chi connectivity index (χ2n) is 5.06. The fourth-order valence-electron chi connectivity index (χ4n) is 2.31. The summed E-state index contributed by atoms with van der Waals surface area (Å²) in [6.45, 7) is 2.35. The molecule has 0 radical (unpaired) electrons. The summed E-state index contributed by atoms with van der Waals surface area (Å²) in [5, 5.41) is 12.9. The van der Waals surface area contributed by atoms with Crippen molar-refractivity contribution in [3.8, 4) is 6.07 Å². The molecule has 0 saturated carbocycles. The average molecular weight is 282 g/mol. The highest BCUT2D eigenvalue weighted by molar-refractivity contribution is 5.83. The third-order valence-electron chi connectivity index (χ3n) is 3.43. The first kappa shape index (κ1) is 14.8. The van der Waals surface area contributed by atoms with Gasteiger partial charge in [-0.3, -0.25) is 4.79 Å². The highest BCUT2D eigenvalue weighted by atomic mass is 16.1. The molecule has 5 nitrogen and oxygen atoms in total. The molecule has 0 aliphatic carbocycles. The Morgan fingerprint density at radius 1 is 1.48 bits per heavy atom. The number of rotatable bonds is 4. The quantitative estimate of drug-likeness (QED) is 0.930. The number of carbonyl (C=O) groups excluding carboxylic acids is 1. The number of hydrogen-bond donors (Lipinski definition) is 1. The number of nitrogens with zero attached hydrogens (tertiary/aromatic N) is 3. The highest BCUT2D eigenvalue weighted by Gasteiger charge is 2.17. The van der Waals surface area contributed by atoms with E-state index in [1.807, 2.05) is 49.2 Å². The van der Waals surface area contributed by atoms with Crippen LogP contribution in [0.15, 0.2) is 30.3 Å². The summed E-state index contributed by atoms with van der Waals surface area (Å²) >= 11 is 0. The van der Waals surface area contributed by atoms with Crippen LogP contribution in [0.2, 0.25) is 0 Å². The van der Waals surface area contributed by atoms with Crippen LogP contribution in [0.4, 0.5) is 5.82 Å². The minimum atomic E-state index is -0.181. The molecule has 1 amide bonds. The molecule has 5 heteroatoms. The van der Waals surface area contributed by atoms with E-state index in [-0.39, 0.29) is 11.8 Å². The topological polar surface area (TPSA) is 69.0 Å². The molecule has 0 aliphatic rings. The first-order valence-electron chi connectivity index (χ1n) is 6.79. The predicted octanol–water partition coefficient (Wildman–Crippen LogP) is 1.92. The van der Waals surface area contributed by atoms with Gasteiger partial charge in [-0.05, 0) is 12.1 Å². The molecule has 1 unspecified atom stereocenters. The van der Waals surface area contributed by atoms with Crippen molar-refractivity contribution >= 4 is 22.6 Å². The number of nitrogens with one attached hydrogen (secondary N) is 1. The zero-order valence-corrected chi connectivity index (χ0v) is 12.4. The fraction of sp³-hybridized carbons (Fsp3) is 0.312. The van der Waals surface area contributed by atoms with Gasteiger partial charge in [0.15, 0.2) is 0 Å². The Morgan fingerprint density at radius 2 is 2.19 bits per heavy atom. The van der Waals surface area contributed by atoms with E-state index in [0.29, 0.717) is 17.9 Å². The summed E-state index contributed by atoms with van der Waals surface area (Å²) in [7, 11) is 3.46. The van der Waals surface area contributed by atoms with Gasteiger partial charge in [-0.1, -0.05) is 25.1 Å². The van der Waals surface area contributed by atoms with Crippen molar-refractivity contribution in [3.63, 3.8) is 0 Å². The second-order valence-corrected chi connectivity index (χ2v) is 5.06. The van der Waals surface area contributed by atoms with Crippen LogP contribution in [0.1, 0.15) is 12.5 Å². The van der Waals surface area contributed by atoms with Gasteiger partial charge >= 0.3 is 0 Å². The van der Waals surface area contributed by atoms with E-state index in [4.69, 9.17) is 0 Å². The molecule has 1 heterocycles. The molecule has 1 aromatic heterocycles. The maximum Gasteiger partial charge on any atom is 0.224 e. The molecular formula is C16H18N4O. The lowest BCUT2D eigenvalue weighted by molar-refractivity contribution is -0.123. The van der Waals surface area contributed by atoms with Crippen LogP contribution < -0.4 is 10.2 Å². The SMILES string of the molecule is CNC(=O)C(C)CN(C)c1nc2ccccc2cc1C#N. The molecule has 0 fully saturated rings. The number of amides is 1. The first-order valence-corrected chi connectivity index (χ1v) is 6.79. The van der Waals surface area contributed by atoms with Gasteiger partial charge < -0.3 is 10.2 Å². The van der Waals surface area contributed by atoms with Gasteiger partial charge in [0.25, 0.3) is 0 Å². The number of hydrogen-bond acceptors (Lipinski definition) is 4. The van der Waals surface area contributed by atoms with E-state index >= 15 is 0 Å². The third-order valence-corrected chi connectivity index (χ3v) is 3.43. The lowest BCUT2D eigenvalue weighted by atomic mass is 10.1. The van der Waals surface area contributed by atoms with Gasteiger partial charge in [-0.25, -0.2) is 4.98 Å². The Morgan fingerprint density at radius 3 is 2.86 bits per heavy atom. The number of nitriles is 1. The second kappa shape index (κ2) is 6.23. The van der Waals surface area contributed by atoms with Crippen molar-refractivity contribution in [1.29, 1.82) is 5.26 Å². The highest BCUT2D eigenvalue weighted by Crippen LogP contribution is 2.22. The Bertz CT molecular complexity index is 705. The molecule has 108 valence electrons. The molecule has 1 aromatic carbocycles. The number of pyridine rings is 1. The van der Waals surface area contributed by atoms with Gasteiger partial charge in [-0.15, -0.1) is 0 Å². The zero-order valence-electron chi connectivity index (χ0n) is 12.4. The number of carbonyl (C=O) groups is 1. The van der Waals surface area contributed by atoms with Gasteiger partial charge in [0, 0.05) is 26.0 Å². The monoisotopic (exact) mass is 282 g/mol. The van der Waals surface area contributed by atoms with Crippen molar-refractivity contribution in [3.05, 3.63) is 35.9 Å². The smallest absolute Gasteiger partial charge is 0.224 e. The number of aromatic nitrogens is 1. The molecule has 21 heavy (non-hydrogen) atoms. The lowest BCUT2D eigenvalue weighted by Gasteiger charge is -2.22. The average Bonchev–Trinajstić information content (AvgIpc) is 2.52. The Hall–Kier alpha value is -2.61. The molecule has 2 aromatic rings. The molecule has 0 bridgehead atoms. The number of benzene rings is 1. The molecule has 0 spiro atoms. The molecular weight excluding hydrogens is 264 g/mol. The van der Waals surface area contributed by atoms with Crippen LogP contribution in [-0.4, -0.2) is 31.5 Å². The van der Waals surface area contributed by atoms with Gasteiger partial charge in [0.05, 0.1) is 17.0 Å². The van der Waals surface area contributed by atoms with Crippen molar-refractivity contribution in [2.75, 3.05) is 25.5 Å².